The first-order valence-electron chi connectivity index (χ1n) is 12.7. The topological polar surface area (TPSA) is 132 Å². The third kappa shape index (κ3) is 5.05. The van der Waals surface area contributed by atoms with Crippen molar-refractivity contribution in [1.29, 1.82) is 0 Å². The molecule has 3 aromatic carbocycles. The van der Waals surface area contributed by atoms with Crippen molar-refractivity contribution in [2.24, 2.45) is 0 Å². The minimum Gasteiger partial charge on any atom is -0.497 e. The number of aliphatic hydroxyl groups excluding tert-OH is 2. The average Bonchev–Trinajstić information content (AvgIpc) is 3.27. The fourth-order valence-electron chi connectivity index (χ4n) is 5.01. The molecule has 1 aromatic heterocycles. The maximum absolute atomic E-state index is 12.3. The number of hydrogen-bond donors (Lipinski definition) is 3. The first kappa shape index (κ1) is 27.4. The van der Waals surface area contributed by atoms with Gasteiger partial charge in [-0.05, 0) is 41.0 Å². The van der Waals surface area contributed by atoms with Crippen molar-refractivity contribution >= 4 is 0 Å². The molecule has 2 heterocycles. The molecule has 10 nitrogen and oxygen atoms in total. The van der Waals surface area contributed by atoms with E-state index in [0.29, 0.717) is 11.5 Å². The summed E-state index contributed by atoms with van der Waals surface area (Å²) in [6.07, 6.45) is -3.82. The van der Waals surface area contributed by atoms with Crippen LogP contribution < -0.4 is 20.7 Å². The van der Waals surface area contributed by atoms with Crippen molar-refractivity contribution in [1.82, 2.24) is 9.55 Å². The molecule has 4 aromatic rings. The van der Waals surface area contributed by atoms with Crippen LogP contribution in [0.1, 0.15) is 22.9 Å². The van der Waals surface area contributed by atoms with Gasteiger partial charge in [0, 0.05) is 12.3 Å². The zero-order valence-electron chi connectivity index (χ0n) is 22.0. The Morgan fingerprint density at radius 1 is 0.800 bits per heavy atom. The predicted molar refractivity (Wildman–Crippen MR) is 146 cm³/mol. The molecule has 0 amide bonds. The summed E-state index contributed by atoms with van der Waals surface area (Å²) in [4.78, 5) is 26.0. The number of aromatic amines is 1. The average molecular weight is 548 g/mol. The van der Waals surface area contributed by atoms with Gasteiger partial charge in [-0.2, -0.15) is 0 Å². The minimum absolute atomic E-state index is 0.153. The van der Waals surface area contributed by atoms with Gasteiger partial charge in [-0.3, -0.25) is 14.3 Å². The van der Waals surface area contributed by atoms with E-state index < -0.39 is 41.4 Å². The van der Waals surface area contributed by atoms with Gasteiger partial charge in [0.2, 0.25) is 0 Å². The number of ether oxygens (including phenoxy) is 4. The van der Waals surface area contributed by atoms with Gasteiger partial charge in [0.25, 0.3) is 5.56 Å². The summed E-state index contributed by atoms with van der Waals surface area (Å²) in [5.74, 6) is 1.35. The maximum atomic E-state index is 12.3. The van der Waals surface area contributed by atoms with Gasteiger partial charge in [-0.25, -0.2) is 4.79 Å². The van der Waals surface area contributed by atoms with Gasteiger partial charge in [0.1, 0.15) is 35.4 Å². The molecule has 5 rings (SSSR count). The Labute approximate surface area is 230 Å². The van der Waals surface area contributed by atoms with Crippen LogP contribution in [0.15, 0.2) is 101 Å². The molecule has 0 radical (unpaired) electrons. The zero-order chi connectivity index (χ0) is 28.3. The molecule has 3 N–H and O–H groups in total. The SMILES string of the molecule is COc1ccc(C(OC[C@H]2O[C@@H](n3ccc(=O)[15nH]c3=O)[C@H](O)[C@@H]2O)(c2ccccc2)c2ccc(OC)cc2)cc1. The first-order valence-corrected chi connectivity index (χ1v) is 12.7. The Hall–Kier alpha value is -4.22. The van der Waals surface area contributed by atoms with Crippen molar-refractivity contribution < 1.29 is 29.2 Å². The fraction of sp³-hybridized carbons (Fsp3) is 0.267. The summed E-state index contributed by atoms with van der Waals surface area (Å²) in [6, 6.07) is 25.7. The largest absolute Gasteiger partial charge is 0.497 e. The molecule has 1 saturated heterocycles. The molecule has 0 unspecified atom stereocenters. The van der Waals surface area contributed by atoms with Gasteiger partial charge in [0.05, 0.1) is 20.8 Å². The summed E-state index contributed by atoms with van der Waals surface area (Å²) in [7, 11) is 3.18. The van der Waals surface area contributed by atoms with Crippen molar-refractivity contribution in [3.8, 4) is 11.5 Å². The monoisotopic (exact) mass is 547 g/mol. The van der Waals surface area contributed by atoms with Crippen LogP contribution in [0.4, 0.5) is 0 Å². The normalized spacial score (nSPS) is 20.8. The van der Waals surface area contributed by atoms with Crippen LogP contribution in [0, 0.1) is 0 Å². The zero-order valence-corrected chi connectivity index (χ0v) is 22.0. The van der Waals surface area contributed by atoms with E-state index in [0.717, 1.165) is 27.3 Å². The van der Waals surface area contributed by atoms with Crippen molar-refractivity contribution in [2.75, 3.05) is 20.8 Å². The molecule has 208 valence electrons. The summed E-state index contributed by atoms with van der Waals surface area (Å²) in [5.41, 5.74) is -0.133. The van der Waals surface area contributed by atoms with Crippen molar-refractivity contribution in [2.45, 2.75) is 30.1 Å². The van der Waals surface area contributed by atoms with E-state index in [-0.39, 0.29) is 6.61 Å². The van der Waals surface area contributed by atoms with Crippen LogP contribution in [0.5, 0.6) is 11.5 Å². The Morgan fingerprint density at radius 2 is 1.35 bits per heavy atom. The molecule has 0 saturated carbocycles. The lowest BCUT2D eigenvalue weighted by atomic mass is 9.80. The molecule has 0 spiro atoms. The van der Waals surface area contributed by atoms with Gasteiger partial charge >= 0.3 is 5.69 Å². The lowest BCUT2D eigenvalue weighted by Gasteiger charge is -2.37. The molecule has 4 atom stereocenters. The summed E-state index contributed by atoms with van der Waals surface area (Å²) in [5, 5.41) is 21.7. The van der Waals surface area contributed by atoms with Gasteiger partial charge < -0.3 is 29.2 Å². The molecular formula is C30H30N2O8. The second-order valence-electron chi connectivity index (χ2n) is 9.38. The lowest BCUT2D eigenvalue weighted by Crippen LogP contribution is -2.40. The van der Waals surface area contributed by atoms with E-state index in [2.05, 4.69) is 4.98 Å². The van der Waals surface area contributed by atoms with Gasteiger partial charge in [0.15, 0.2) is 6.23 Å². The number of nitrogens with zero attached hydrogens (tertiary/aromatic N) is 1. The summed E-state index contributed by atoms with van der Waals surface area (Å²) >= 11 is 0. The number of hydrogen-bond acceptors (Lipinski definition) is 8. The Kier molecular flexibility index (Phi) is 7.85. The minimum atomic E-state index is -1.44. The highest BCUT2D eigenvalue weighted by Crippen LogP contribution is 2.42. The van der Waals surface area contributed by atoms with Crippen molar-refractivity contribution in [3.63, 3.8) is 0 Å². The number of H-pyrrole nitrogens is 1. The Bertz CT molecular complexity index is 1490. The quantitative estimate of drug-likeness (QED) is 0.272. The number of nitrogens with one attached hydrogen (secondary N) is 1. The van der Waals surface area contributed by atoms with Crippen LogP contribution in [0.3, 0.4) is 0 Å². The van der Waals surface area contributed by atoms with Crippen LogP contribution in [-0.2, 0) is 15.1 Å². The molecule has 0 aliphatic carbocycles. The van der Waals surface area contributed by atoms with E-state index in [9.17, 15) is 19.8 Å². The van der Waals surface area contributed by atoms with E-state index in [1.165, 1.54) is 6.20 Å². The maximum Gasteiger partial charge on any atom is 0.330 e. The van der Waals surface area contributed by atoms with Gasteiger partial charge in [-0.15, -0.1) is 0 Å². The van der Waals surface area contributed by atoms with Crippen LogP contribution >= 0.6 is 0 Å². The van der Waals surface area contributed by atoms with E-state index >= 15 is 0 Å². The fourth-order valence-corrected chi connectivity index (χ4v) is 5.01. The van der Waals surface area contributed by atoms with E-state index in [4.69, 9.17) is 18.9 Å². The highest BCUT2D eigenvalue weighted by atomic mass is 16.6. The number of aromatic nitrogens is 2. The Morgan fingerprint density at radius 3 is 1.88 bits per heavy atom. The molecule has 0 bridgehead atoms. The highest BCUT2D eigenvalue weighted by molar-refractivity contribution is 5.49. The van der Waals surface area contributed by atoms with Crippen LogP contribution in [0.2, 0.25) is 0 Å². The summed E-state index contributed by atoms with van der Waals surface area (Å²) < 4.78 is 24.5. The van der Waals surface area contributed by atoms with E-state index in [1.807, 2.05) is 78.9 Å². The Balaban J connectivity index is 1.56. The second-order valence-corrected chi connectivity index (χ2v) is 9.38. The second kappa shape index (κ2) is 11.5. The molecule has 1 aliphatic heterocycles. The summed E-state index contributed by atoms with van der Waals surface area (Å²) in [6.45, 7) is -0.153. The molecule has 40 heavy (non-hydrogen) atoms. The third-order valence-electron chi connectivity index (χ3n) is 7.10. The molecule has 1 aliphatic rings. The predicted octanol–water partition coefficient (Wildman–Crippen LogP) is 2.18. The molecular weight excluding hydrogens is 517 g/mol. The molecule has 1 fully saturated rings. The smallest absolute Gasteiger partial charge is 0.330 e. The van der Waals surface area contributed by atoms with Crippen LogP contribution in [0.25, 0.3) is 0 Å². The number of rotatable bonds is 9. The van der Waals surface area contributed by atoms with E-state index in [1.54, 1.807) is 14.2 Å². The van der Waals surface area contributed by atoms with Crippen LogP contribution in [-0.4, -0.2) is 58.9 Å². The number of methoxy groups -OCH3 is 2. The number of benzene rings is 3. The third-order valence-corrected chi connectivity index (χ3v) is 7.10. The van der Waals surface area contributed by atoms with Gasteiger partial charge in [-0.1, -0.05) is 54.6 Å². The number of aliphatic hydroxyl groups is 2. The lowest BCUT2D eigenvalue weighted by molar-refractivity contribution is -0.0958. The highest BCUT2D eigenvalue weighted by Gasteiger charge is 2.46. The molecule has 10 heteroatoms. The standard InChI is InChI=1S/C30H30N2O8/c1-37-22-12-8-20(9-13-22)30(19-6-4-3-5-7-19,21-10-14-23(38-2)15-11-21)39-18-24-26(34)27(35)28(40-24)32-17-16-25(33)31-29(32)36/h3-17,24,26-28,34-35H,18H2,1-2H3,(H,31,33,36)/t24-,26-,27-,28-/m1/s1/i31+1. The van der Waals surface area contributed by atoms with Crippen molar-refractivity contribution in [3.05, 3.63) is 129 Å². The first-order chi connectivity index (χ1) is 19.4.